The van der Waals surface area contributed by atoms with Crippen LogP contribution >= 0.6 is 0 Å². The molecule has 246 valence electrons. The minimum atomic E-state index is -4.72. The number of benzene rings is 3. The molecule has 17 heteroatoms. The lowest BCUT2D eigenvalue weighted by atomic mass is 10.1. The monoisotopic (exact) mass is 672 g/mol. The van der Waals surface area contributed by atoms with Crippen molar-refractivity contribution in [1.82, 2.24) is 19.5 Å². The summed E-state index contributed by atoms with van der Waals surface area (Å²) in [4.78, 5) is 29.4. The average Bonchev–Trinajstić information content (AvgIpc) is 3.46. The number of hydrazine groups is 1. The molecule has 0 bridgehead atoms. The van der Waals surface area contributed by atoms with E-state index in [0.29, 0.717) is 5.56 Å². The van der Waals surface area contributed by atoms with Gasteiger partial charge in [-0.05, 0) is 49.4 Å². The predicted octanol–water partition coefficient (Wildman–Crippen LogP) is 4.76. The zero-order valence-electron chi connectivity index (χ0n) is 24.8. The molecule has 1 unspecified atom stereocenters. The number of sulfonamides is 1. The number of aryl methyl sites for hydroxylation is 1. The molecule has 0 aliphatic carbocycles. The lowest BCUT2D eigenvalue weighted by molar-refractivity contribution is -0.730. The molecule has 1 aliphatic heterocycles. The number of esters is 1. The highest BCUT2D eigenvalue weighted by molar-refractivity contribution is 7.90. The topological polar surface area (TPSA) is 158 Å². The van der Waals surface area contributed by atoms with E-state index in [-0.39, 0.29) is 39.8 Å². The number of aromatic nitrogens is 2. The molecule has 1 aliphatic rings. The first-order valence-corrected chi connectivity index (χ1v) is 15.5. The Morgan fingerprint density at radius 3 is 2.32 bits per heavy atom. The molecule has 13 nitrogen and oxygen atoms in total. The van der Waals surface area contributed by atoms with E-state index in [9.17, 15) is 36.4 Å². The molecule has 1 N–H and O–H groups in total. The van der Waals surface area contributed by atoms with Crippen LogP contribution in [0, 0.1) is 12.1 Å². The second-order valence-corrected chi connectivity index (χ2v) is 12.1. The number of hydrogen-bond acceptors (Lipinski definition) is 9. The van der Waals surface area contributed by atoms with E-state index in [2.05, 4.69) is 10.4 Å². The van der Waals surface area contributed by atoms with Crippen LogP contribution in [0.25, 0.3) is 16.9 Å². The van der Waals surface area contributed by atoms with Crippen molar-refractivity contribution in [2.75, 3.05) is 6.54 Å². The summed E-state index contributed by atoms with van der Waals surface area (Å²) in [6.45, 7) is 3.20. The predicted molar refractivity (Wildman–Crippen MR) is 158 cm³/mol. The van der Waals surface area contributed by atoms with Crippen molar-refractivity contribution in [3.63, 3.8) is 0 Å². The van der Waals surface area contributed by atoms with Crippen LogP contribution in [0.5, 0.6) is 0 Å². The summed E-state index contributed by atoms with van der Waals surface area (Å²) >= 11 is 0. The van der Waals surface area contributed by atoms with Gasteiger partial charge in [0.2, 0.25) is 5.28 Å². The fraction of sp³-hybridized carbons (Fsp3) is 0.233. The first-order chi connectivity index (χ1) is 22.2. The highest BCUT2D eigenvalue weighted by Gasteiger charge is 2.42. The van der Waals surface area contributed by atoms with Gasteiger partial charge in [0.05, 0.1) is 33.4 Å². The summed E-state index contributed by atoms with van der Waals surface area (Å²) in [5.41, 5.74) is 0.750. The standard InChI is InChI=1S/C30H27F3N6O7S/c1-19-8-10-21(11-9-19)26-18-27(30(31,32)33)34-38(26)23-12-14-24(15-13-23)47(43,44)35-28(40)25-16-17-37(25)39(42)36-46-20(2)45-29(41)22-6-4-3-5-7-22/h3-15,18,20,25H,16-17H2,1-2H3,(H,35,40)/b39-36-/t20?,25-/m0/s1. The molecule has 4 aromatic rings. The maximum atomic E-state index is 13.5. The van der Waals surface area contributed by atoms with Crippen LogP contribution in [0.4, 0.5) is 13.2 Å². The average molecular weight is 673 g/mol. The van der Waals surface area contributed by atoms with Crippen LogP contribution in [-0.4, -0.2) is 58.9 Å². The Hall–Kier alpha value is -5.45. The fourth-order valence-electron chi connectivity index (χ4n) is 4.49. The van der Waals surface area contributed by atoms with Crippen LogP contribution < -0.4 is 4.72 Å². The maximum absolute atomic E-state index is 13.5. The van der Waals surface area contributed by atoms with Gasteiger partial charge in [-0.3, -0.25) is 9.63 Å². The largest absolute Gasteiger partial charge is 0.569 e. The number of nitrogens with one attached hydrogen (secondary N) is 1. The van der Waals surface area contributed by atoms with E-state index < -0.39 is 46.1 Å². The number of hydrogen-bond donors (Lipinski definition) is 1. The minimum Gasteiger partial charge on any atom is -0.569 e. The van der Waals surface area contributed by atoms with Crippen molar-refractivity contribution in [2.24, 2.45) is 5.28 Å². The van der Waals surface area contributed by atoms with E-state index in [0.717, 1.165) is 33.5 Å². The van der Waals surface area contributed by atoms with Crippen LogP contribution in [-0.2, 0) is 30.6 Å². The van der Waals surface area contributed by atoms with Crippen molar-refractivity contribution >= 4 is 21.9 Å². The zero-order valence-corrected chi connectivity index (χ0v) is 25.6. The van der Waals surface area contributed by atoms with Crippen molar-refractivity contribution < 1.29 is 45.7 Å². The number of alkyl halides is 3. The van der Waals surface area contributed by atoms with Gasteiger partial charge in [0.15, 0.2) is 11.7 Å². The third-order valence-electron chi connectivity index (χ3n) is 7.04. The van der Waals surface area contributed by atoms with Gasteiger partial charge < -0.3 is 9.94 Å². The number of amides is 1. The van der Waals surface area contributed by atoms with Crippen molar-refractivity contribution in [1.29, 1.82) is 0 Å². The van der Waals surface area contributed by atoms with E-state index in [1.165, 1.54) is 31.2 Å². The van der Waals surface area contributed by atoms with Crippen LogP contribution in [0.15, 0.2) is 95.1 Å². The Balaban J connectivity index is 1.24. The van der Waals surface area contributed by atoms with Crippen molar-refractivity contribution in [3.8, 4) is 16.9 Å². The van der Waals surface area contributed by atoms with Gasteiger partial charge in [-0.25, -0.2) is 22.6 Å². The first kappa shape index (κ1) is 32.9. The Labute approximate surface area is 266 Å². The fourth-order valence-corrected chi connectivity index (χ4v) is 5.50. The molecule has 1 saturated heterocycles. The van der Waals surface area contributed by atoms with Crippen LogP contribution in [0.1, 0.15) is 35.0 Å². The summed E-state index contributed by atoms with van der Waals surface area (Å²) < 4.78 is 74.5. The van der Waals surface area contributed by atoms with E-state index in [4.69, 9.17) is 9.57 Å². The molecule has 47 heavy (non-hydrogen) atoms. The van der Waals surface area contributed by atoms with Gasteiger partial charge >= 0.3 is 12.1 Å². The normalized spacial score (nSPS) is 15.8. The van der Waals surface area contributed by atoms with Gasteiger partial charge in [0, 0.05) is 18.9 Å². The molecule has 0 radical (unpaired) electrons. The molecule has 2 atom stereocenters. The van der Waals surface area contributed by atoms with E-state index in [1.54, 1.807) is 42.5 Å². The number of ether oxygens (including phenoxy) is 1. The maximum Gasteiger partial charge on any atom is 0.435 e. The molecule has 0 saturated carbocycles. The van der Waals surface area contributed by atoms with Crippen LogP contribution in [0.3, 0.4) is 0 Å². The SMILES string of the molecule is Cc1ccc(-c2cc(C(F)(F)F)nn2-c2ccc(S(=O)(=O)NC(=O)[C@@H]3CCN3/[N+]([O-])=N/OC(C)OC(=O)c3ccccc3)cc2)cc1. The molecule has 5 rings (SSSR count). The highest BCUT2D eigenvalue weighted by Crippen LogP contribution is 2.33. The summed E-state index contributed by atoms with van der Waals surface area (Å²) in [6, 6.07) is 19.2. The molecule has 1 aromatic heterocycles. The van der Waals surface area contributed by atoms with Crippen molar-refractivity contribution in [3.05, 3.63) is 107 Å². The molecule has 1 fully saturated rings. The molecular weight excluding hydrogens is 645 g/mol. The lowest BCUT2D eigenvalue weighted by Crippen LogP contribution is -2.59. The third-order valence-corrected chi connectivity index (χ3v) is 8.40. The Kier molecular flexibility index (Phi) is 9.19. The number of carbonyl (C=O) groups is 2. The summed E-state index contributed by atoms with van der Waals surface area (Å²) in [6.07, 6.45) is -5.86. The van der Waals surface area contributed by atoms with Gasteiger partial charge in [-0.2, -0.15) is 18.3 Å². The number of rotatable bonds is 10. The molecular formula is C30H27F3N6O7S. The number of halogens is 3. The Bertz CT molecular complexity index is 1900. The number of carbonyl (C=O) groups excluding carboxylic acids is 2. The van der Waals surface area contributed by atoms with Gasteiger partial charge in [-0.15, -0.1) is 5.01 Å². The number of nitrogens with zero attached hydrogens (tertiary/aromatic N) is 5. The summed E-state index contributed by atoms with van der Waals surface area (Å²) in [5, 5.41) is 20.3. The highest BCUT2D eigenvalue weighted by atomic mass is 32.2. The Morgan fingerprint density at radius 2 is 1.72 bits per heavy atom. The second-order valence-electron chi connectivity index (χ2n) is 10.4. The van der Waals surface area contributed by atoms with Gasteiger partial charge in [-0.1, -0.05) is 48.0 Å². The van der Waals surface area contributed by atoms with Crippen LogP contribution in [0.2, 0.25) is 0 Å². The summed E-state index contributed by atoms with van der Waals surface area (Å²) in [7, 11) is -4.46. The minimum absolute atomic E-state index is 0.0487. The lowest BCUT2D eigenvalue weighted by Gasteiger charge is -2.34. The quantitative estimate of drug-likeness (QED) is 0.0825. The van der Waals surface area contributed by atoms with Crippen molar-refractivity contribution in [2.45, 2.75) is 43.7 Å². The Morgan fingerprint density at radius 1 is 1.06 bits per heavy atom. The van der Waals surface area contributed by atoms with Gasteiger partial charge in [0.25, 0.3) is 22.2 Å². The van der Waals surface area contributed by atoms with Gasteiger partial charge in [0.1, 0.15) is 0 Å². The first-order valence-electron chi connectivity index (χ1n) is 14.0. The summed E-state index contributed by atoms with van der Waals surface area (Å²) in [5.74, 6) is -1.74. The zero-order chi connectivity index (χ0) is 33.9. The smallest absolute Gasteiger partial charge is 0.435 e. The van der Waals surface area contributed by atoms with E-state index >= 15 is 0 Å². The second kappa shape index (κ2) is 13.1. The van der Waals surface area contributed by atoms with E-state index in [1.807, 2.05) is 11.6 Å². The molecule has 0 spiro atoms. The molecule has 2 heterocycles. The molecule has 3 aromatic carbocycles. The third kappa shape index (κ3) is 7.51. The molecule has 1 amide bonds.